The van der Waals surface area contributed by atoms with Gasteiger partial charge in [-0.25, -0.2) is 0 Å². The van der Waals surface area contributed by atoms with E-state index < -0.39 is 24.9 Å². The Bertz CT molecular complexity index is 241. The molecule has 0 heterocycles. The van der Waals surface area contributed by atoms with E-state index in [0.717, 1.165) is 0 Å². The molecule has 0 saturated heterocycles. The van der Waals surface area contributed by atoms with Crippen LogP contribution in [0.1, 0.15) is 0 Å². The van der Waals surface area contributed by atoms with Gasteiger partial charge in [0.1, 0.15) is 0 Å². The van der Waals surface area contributed by atoms with Crippen molar-refractivity contribution in [1.82, 2.24) is 0 Å². The summed E-state index contributed by atoms with van der Waals surface area (Å²) < 4.78 is 4.91. The van der Waals surface area contributed by atoms with Gasteiger partial charge in [0.25, 0.3) is 0 Å². The van der Waals surface area contributed by atoms with E-state index in [1.54, 1.807) is 6.08 Å². The van der Waals surface area contributed by atoms with Gasteiger partial charge in [-0.1, -0.05) is 0 Å². The molecule has 0 aliphatic rings. The number of benzene rings is 1. The van der Waals surface area contributed by atoms with Gasteiger partial charge < -0.3 is 0 Å². The van der Waals surface area contributed by atoms with Crippen LogP contribution in [0.4, 0.5) is 0 Å². The summed E-state index contributed by atoms with van der Waals surface area (Å²) in [5.41, 5.74) is 0. The zero-order valence-electron chi connectivity index (χ0n) is 5.45. The third-order valence-corrected chi connectivity index (χ3v) is 5.54. The van der Waals surface area contributed by atoms with Gasteiger partial charge in [0.15, 0.2) is 0 Å². The van der Waals surface area contributed by atoms with Crippen molar-refractivity contribution in [2.24, 2.45) is 2.76 Å². The van der Waals surface area contributed by atoms with Crippen molar-refractivity contribution in [2.75, 3.05) is 0 Å². The molecule has 0 radical (unpaired) electrons. The molecule has 0 atom stereocenters. The molecule has 0 aliphatic carbocycles. The summed E-state index contributed by atoms with van der Waals surface area (Å²) in [6.45, 7) is 0. The van der Waals surface area contributed by atoms with Crippen molar-refractivity contribution in [3.8, 4) is 0 Å². The summed E-state index contributed by atoms with van der Waals surface area (Å²) in [7, 11) is 0. The molecule has 0 fully saturated rings. The molecule has 1 aromatic carbocycles. The maximum absolute atomic E-state index is 9.74. The Morgan fingerprint density at radius 1 is 1.30 bits per heavy atom. The fourth-order valence-corrected chi connectivity index (χ4v) is 3.55. The van der Waals surface area contributed by atoms with Gasteiger partial charge in [-0.2, -0.15) is 0 Å². The Balaban J connectivity index is 2.67. The van der Waals surface area contributed by atoms with E-state index >= 15 is 0 Å². The Morgan fingerprint density at radius 2 is 2.00 bits per heavy atom. The van der Waals surface area contributed by atoms with Crippen LogP contribution in [0.2, 0.25) is 0 Å². The number of hydrogen-bond donors (Lipinski definition) is 0. The van der Waals surface area contributed by atoms with Crippen LogP contribution in [0.3, 0.4) is 0 Å². The van der Waals surface area contributed by atoms with Crippen LogP contribution in [0, 0.1) is 0 Å². The molecule has 0 amide bonds. The van der Waals surface area contributed by atoms with E-state index in [9.17, 15) is 4.79 Å². The maximum atomic E-state index is 9.74. The fourth-order valence-electron chi connectivity index (χ4n) is 0.707. The van der Waals surface area contributed by atoms with E-state index in [4.69, 9.17) is 0 Å². The predicted octanol–water partition coefficient (Wildman–Crippen LogP) is 0.645. The quantitative estimate of drug-likeness (QED) is 0.447. The first-order valence-corrected chi connectivity index (χ1v) is 8.22. The average molecular weight is 320 g/mol. The number of isocyanates is 1. The second-order valence-corrected chi connectivity index (χ2v) is 7.53. The number of rotatable bonds is 2. The third kappa shape index (κ3) is 2.42. The molecule has 0 unspecified atom stereocenters. The van der Waals surface area contributed by atoms with Crippen LogP contribution >= 0.6 is 0 Å². The van der Waals surface area contributed by atoms with Crippen LogP contribution < -0.4 is 3.07 Å². The van der Waals surface area contributed by atoms with E-state index in [1.807, 2.05) is 30.3 Å². The molecule has 2 nitrogen and oxygen atoms in total. The first-order chi connectivity index (χ1) is 4.93. The second kappa shape index (κ2) is 4.37. The van der Waals surface area contributed by atoms with Gasteiger partial charge in [-0.05, 0) is 0 Å². The van der Waals surface area contributed by atoms with Crippen LogP contribution in [0.25, 0.3) is 0 Å². The molecular formula is C7H5HgNO. The molecule has 1 rings (SSSR count). The molecule has 0 aromatic heterocycles. The number of nitrogens with zero attached hydrogens (tertiary/aromatic N) is 1. The summed E-state index contributed by atoms with van der Waals surface area (Å²) in [4.78, 5) is 9.74. The van der Waals surface area contributed by atoms with Crippen molar-refractivity contribution >= 4 is 9.15 Å². The van der Waals surface area contributed by atoms with Crippen molar-refractivity contribution in [2.45, 2.75) is 0 Å². The Morgan fingerprint density at radius 3 is 2.60 bits per heavy atom. The van der Waals surface area contributed by atoms with Gasteiger partial charge in [-0.15, -0.1) is 0 Å². The van der Waals surface area contributed by atoms with Gasteiger partial charge in [0.2, 0.25) is 0 Å². The summed E-state index contributed by atoms with van der Waals surface area (Å²) in [6.07, 6.45) is 1.59. The monoisotopic (exact) mass is 321 g/mol. The molecule has 0 aliphatic heterocycles. The minimum absolute atomic E-state index is 1.26. The molecule has 3 heteroatoms. The number of carbonyl (C=O) groups excluding carboxylic acids is 1. The van der Waals surface area contributed by atoms with Gasteiger partial charge >= 0.3 is 71.9 Å². The van der Waals surface area contributed by atoms with Crippen molar-refractivity contribution in [1.29, 1.82) is 0 Å². The van der Waals surface area contributed by atoms with E-state index in [0.29, 0.717) is 0 Å². The van der Waals surface area contributed by atoms with Crippen LogP contribution in [0.5, 0.6) is 0 Å². The van der Waals surface area contributed by atoms with Crippen LogP contribution in [-0.2, 0) is 29.7 Å². The molecule has 10 heavy (non-hydrogen) atoms. The topological polar surface area (TPSA) is 29.4 Å². The average Bonchev–Trinajstić information content (AvgIpc) is 2.03. The number of hydrogen-bond acceptors (Lipinski definition) is 2. The SMILES string of the molecule is O=C=[N][Hg][c]1ccccc1. The Kier molecular flexibility index (Phi) is 3.34. The molecule has 0 saturated carbocycles. The van der Waals surface area contributed by atoms with Crippen LogP contribution in [0.15, 0.2) is 33.1 Å². The summed E-state index contributed by atoms with van der Waals surface area (Å²) in [5, 5.41) is 0. The standard InChI is InChI=1S/C6H5.CNO.Hg/c1-2-4-6-5-3-1;2-1-3;/h1-5H;;/q;-1;+1. The van der Waals surface area contributed by atoms with Gasteiger partial charge in [0.05, 0.1) is 0 Å². The molecule has 0 N–H and O–H groups in total. The van der Waals surface area contributed by atoms with E-state index in [2.05, 4.69) is 2.76 Å². The first-order valence-electron chi connectivity index (χ1n) is 3.01. The fraction of sp³-hybridized carbons (Fsp3) is 0. The van der Waals surface area contributed by atoms with E-state index in [1.165, 1.54) is 3.07 Å². The van der Waals surface area contributed by atoms with Crippen molar-refractivity contribution in [3.63, 3.8) is 0 Å². The van der Waals surface area contributed by atoms with Crippen molar-refractivity contribution in [3.05, 3.63) is 30.3 Å². The summed E-state index contributed by atoms with van der Waals surface area (Å²) in [6, 6.07) is 9.93. The predicted molar refractivity (Wildman–Crippen MR) is 34.2 cm³/mol. The summed E-state index contributed by atoms with van der Waals surface area (Å²) >= 11 is -1.40. The zero-order chi connectivity index (χ0) is 7.23. The van der Waals surface area contributed by atoms with Gasteiger partial charge in [0, 0.05) is 0 Å². The molecular weight excluding hydrogens is 315 g/mol. The minimum atomic E-state index is -1.40. The molecule has 0 bridgehead atoms. The first kappa shape index (κ1) is 7.64. The molecule has 0 spiro atoms. The Hall–Kier alpha value is -0.465. The van der Waals surface area contributed by atoms with Crippen molar-refractivity contribution < 1.29 is 29.7 Å². The van der Waals surface area contributed by atoms with E-state index in [-0.39, 0.29) is 0 Å². The summed E-state index contributed by atoms with van der Waals surface area (Å²) in [5.74, 6) is 0. The third-order valence-electron chi connectivity index (χ3n) is 1.17. The Labute approximate surface area is 71.8 Å². The van der Waals surface area contributed by atoms with Gasteiger partial charge in [-0.3, -0.25) is 0 Å². The molecule has 46 valence electrons. The second-order valence-electron chi connectivity index (χ2n) is 1.89. The normalized spacial score (nSPS) is 7.60. The van der Waals surface area contributed by atoms with Crippen LogP contribution in [-0.4, -0.2) is 6.08 Å². The zero-order valence-corrected chi connectivity index (χ0v) is 10.9. The molecule has 1 aromatic rings.